The normalized spacial score (nSPS) is 20.8. The van der Waals surface area contributed by atoms with Gasteiger partial charge < -0.3 is 14.8 Å². The first-order valence-electron chi connectivity index (χ1n) is 11.8. The van der Waals surface area contributed by atoms with Gasteiger partial charge in [0.15, 0.2) is 6.29 Å². The summed E-state index contributed by atoms with van der Waals surface area (Å²) in [5.74, 6) is 6.65. The van der Waals surface area contributed by atoms with Gasteiger partial charge in [0.1, 0.15) is 6.61 Å². The number of hydrogen-bond donors (Lipinski definition) is 1. The maximum Gasteiger partial charge on any atom is 0.159 e. The molecule has 1 N–H and O–H groups in total. The molecule has 0 radical (unpaired) electrons. The van der Waals surface area contributed by atoms with Gasteiger partial charge in [-0.2, -0.15) is 0 Å². The van der Waals surface area contributed by atoms with Gasteiger partial charge in [-0.15, -0.1) is 11.3 Å². The van der Waals surface area contributed by atoms with Crippen LogP contribution in [0.1, 0.15) is 51.5 Å². The summed E-state index contributed by atoms with van der Waals surface area (Å²) >= 11 is 1.80. The molecule has 2 aromatic carbocycles. The number of ether oxygens (including phenoxy) is 2. The number of fused-ring (bicyclic) bond motifs is 1. The average molecular weight is 448 g/mol. The maximum absolute atomic E-state index is 6.11. The van der Waals surface area contributed by atoms with E-state index in [9.17, 15) is 0 Å². The third-order valence-corrected chi connectivity index (χ3v) is 7.24. The number of nitrogens with one attached hydrogen (secondary N) is 1. The van der Waals surface area contributed by atoms with Crippen LogP contribution in [0.3, 0.4) is 0 Å². The molecule has 0 saturated carbocycles. The zero-order valence-electron chi connectivity index (χ0n) is 19.1. The number of unbranched alkanes of at least 4 members (excludes halogenated alkanes) is 2. The van der Waals surface area contributed by atoms with Gasteiger partial charge in [-0.05, 0) is 37.9 Å². The van der Waals surface area contributed by atoms with E-state index in [-0.39, 0.29) is 12.4 Å². The lowest BCUT2D eigenvalue weighted by molar-refractivity contribution is -0.190. The Kier molecular flexibility index (Phi) is 8.36. The fraction of sp³-hybridized carbons (Fsp3) is 0.429. The highest BCUT2D eigenvalue weighted by molar-refractivity contribution is 7.22. The van der Waals surface area contributed by atoms with Crippen molar-refractivity contribution in [2.45, 2.75) is 64.4 Å². The minimum atomic E-state index is -0.166. The molecule has 0 amide bonds. The highest BCUT2D eigenvalue weighted by Gasteiger charge is 2.27. The maximum atomic E-state index is 6.11. The van der Waals surface area contributed by atoms with Crippen LogP contribution >= 0.6 is 11.3 Å². The van der Waals surface area contributed by atoms with Crippen molar-refractivity contribution in [3.05, 3.63) is 60.2 Å². The van der Waals surface area contributed by atoms with Gasteiger partial charge >= 0.3 is 0 Å². The second-order valence-electron chi connectivity index (χ2n) is 8.40. The fourth-order valence-electron chi connectivity index (χ4n) is 4.23. The van der Waals surface area contributed by atoms with E-state index in [1.807, 2.05) is 6.07 Å². The van der Waals surface area contributed by atoms with Crippen LogP contribution in [-0.4, -0.2) is 31.6 Å². The molecule has 4 heteroatoms. The third kappa shape index (κ3) is 5.79. The molecule has 0 bridgehead atoms. The Labute approximate surface area is 196 Å². The van der Waals surface area contributed by atoms with Crippen LogP contribution in [0.5, 0.6) is 0 Å². The molecule has 1 saturated heterocycles. The van der Waals surface area contributed by atoms with E-state index in [1.54, 1.807) is 11.3 Å². The molecule has 1 fully saturated rings. The van der Waals surface area contributed by atoms with Crippen LogP contribution in [-0.2, 0) is 9.47 Å². The Bertz CT molecular complexity index is 1050. The van der Waals surface area contributed by atoms with Gasteiger partial charge in [0.05, 0.1) is 16.5 Å². The monoisotopic (exact) mass is 447 g/mol. The van der Waals surface area contributed by atoms with Crippen molar-refractivity contribution in [1.29, 1.82) is 0 Å². The summed E-state index contributed by atoms with van der Waals surface area (Å²) in [6.07, 6.45) is 5.76. The minimum absolute atomic E-state index is 0.161. The second kappa shape index (κ2) is 11.6. The SMILES string of the molecule is CCCCCN[C@H]1CC[C@H](OCC#Cc2c(-c3ccccc3)sc3ccccc23)O[C@H]1C. The summed E-state index contributed by atoms with van der Waals surface area (Å²) in [4.78, 5) is 1.22. The van der Waals surface area contributed by atoms with Crippen molar-refractivity contribution in [3.8, 4) is 22.3 Å². The highest BCUT2D eigenvalue weighted by Crippen LogP contribution is 2.37. The van der Waals surface area contributed by atoms with Crippen LogP contribution in [0.25, 0.3) is 20.5 Å². The van der Waals surface area contributed by atoms with E-state index in [0.29, 0.717) is 12.6 Å². The molecule has 3 nitrogen and oxygen atoms in total. The predicted octanol–water partition coefficient (Wildman–Crippen LogP) is 6.61. The summed E-state index contributed by atoms with van der Waals surface area (Å²) in [5, 5.41) is 4.86. The van der Waals surface area contributed by atoms with Gasteiger partial charge in [0, 0.05) is 22.5 Å². The van der Waals surface area contributed by atoms with E-state index in [2.05, 4.69) is 79.5 Å². The highest BCUT2D eigenvalue weighted by atomic mass is 32.1. The molecule has 0 spiro atoms. The van der Waals surface area contributed by atoms with Gasteiger partial charge in [-0.3, -0.25) is 0 Å². The number of hydrogen-bond acceptors (Lipinski definition) is 4. The molecule has 1 aliphatic heterocycles. The first kappa shape index (κ1) is 23.0. The van der Waals surface area contributed by atoms with Crippen molar-refractivity contribution in [3.63, 3.8) is 0 Å². The minimum Gasteiger partial charge on any atom is -0.348 e. The average Bonchev–Trinajstić information content (AvgIpc) is 3.20. The van der Waals surface area contributed by atoms with Crippen LogP contribution < -0.4 is 5.32 Å². The molecule has 1 aliphatic rings. The smallest absolute Gasteiger partial charge is 0.159 e. The fourth-order valence-corrected chi connectivity index (χ4v) is 5.39. The van der Waals surface area contributed by atoms with E-state index in [1.165, 1.54) is 39.8 Å². The lowest BCUT2D eigenvalue weighted by atomic mass is 10.0. The summed E-state index contributed by atoms with van der Waals surface area (Å²) in [7, 11) is 0. The van der Waals surface area contributed by atoms with Crippen molar-refractivity contribution >= 4 is 21.4 Å². The Morgan fingerprint density at radius 2 is 1.88 bits per heavy atom. The van der Waals surface area contributed by atoms with Crippen LogP contribution in [0.15, 0.2) is 54.6 Å². The quantitative estimate of drug-likeness (QED) is 0.311. The number of benzene rings is 2. The molecule has 32 heavy (non-hydrogen) atoms. The van der Waals surface area contributed by atoms with E-state index in [4.69, 9.17) is 9.47 Å². The molecular weight excluding hydrogens is 414 g/mol. The molecule has 0 aliphatic carbocycles. The number of rotatable bonds is 8. The van der Waals surface area contributed by atoms with Gasteiger partial charge in [0.2, 0.25) is 0 Å². The first-order chi connectivity index (χ1) is 15.8. The Morgan fingerprint density at radius 1 is 1.06 bits per heavy atom. The lowest BCUT2D eigenvalue weighted by Gasteiger charge is -2.34. The molecule has 4 rings (SSSR count). The van der Waals surface area contributed by atoms with Gasteiger partial charge in [-0.1, -0.05) is 80.1 Å². The Morgan fingerprint density at radius 3 is 2.69 bits per heavy atom. The molecule has 168 valence electrons. The summed E-state index contributed by atoms with van der Waals surface area (Å²) in [5.41, 5.74) is 2.30. The molecule has 1 aromatic heterocycles. The zero-order valence-corrected chi connectivity index (χ0v) is 19.9. The molecule has 0 unspecified atom stereocenters. The van der Waals surface area contributed by atoms with E-state index in [0.717, 1.165) is 24.9 Å². The Hall–Kier alpha value is -2.16. The topological polar surface area (TPSA) is 30.5 Å². The first-order valence-corrected chi connectivity index (χ1v) is 12.6. The summed E-state index contributed by atoms with van der Waals surface area (Å²) < 4.78 is 13.3. The zero-order chi connectivity index (χ0) is 22.2. The largest absolute Gasteiger partial charge is 0.348 e. The van der Waals surface area contributed by atoms with Crippen molar-refractivity contribution in [1.82, 2.24) is 5.32 Å². The van der Waals surface area contributed by atoms with Crippen molar-refractivity contribution in [2.75, 3.05) is 13.2 Å². The molecule has 3 atom stereocenters. The Balaban J connectivity index is 1.36. The van der Waals surface area contributed by atoms with Gasteiger partial charge in [0.25, 0.3) is 0 Å². The predicted molar refractivity (Wildman–Crippen MR) is 135 cm³/mol. The van der Waals surface area contributed by atoms with Crippen LogP contribution in [0.4, 0.5) is 0 Å². The standard InChI is InChI=1S/C28H33NO2S/c1-3-4-10-19-29-25-17-18-27(31-21(25)2)30-20-11-15-24-23-14-8-9-16-26(23)32-28(24)22-12-6-5-7-13-22/h5-9,12-14,16,21,25,27,29H,3-4,10,17-20H2,1-2H3/t21-,25-,27+/m0/s1. The summed E-state index contributed by atoms with van der Waals surface area (Å²) in [6.45, 7) is 5.83. The van der Waals surface area contributed by atoms with Gasteiger partial charge in [-0.25, -0.2) is 0 Å². The van der Waals surface area contributed by atoms with Crippen LogP contribution in [0.2, 0.25) is 0 Å². The number of thiophene rings is 1. The van der Waals surface area contributed by atoms with E-state index >= 15 is 0 Å². The molecular formula is C28H33NO2S. The summed E-state index contributed by atoms with van der Waals surface area (Å²) in [6, 6.07) is 19.4. The van der Waals surface area contributed by atoms with Crippen molar-refractivity contribution in [2.24, 2.45) is 0 Å². The van der Waals surface area contributed by atoms with Crippen LogP contribution in [0, 0.1) is 11.8 Å². The second-order valence-corrected chi connectivity index (χ2v) is 9.45. The molecule has 3 aromatic rings. The van der Waals surface area contributed by atoms with Crippen molar-refractivity contribution < 1.29 is 9.47 Å². The van der Waals surface area contributed by atoms with E-state index < -0.39 is 0 Å². The molecule has 2 heterocycles. The lowest BCUT2D eigenvalue weighted by Crippen LogP contribution is -2.46. The third-order valence-electron chi connectivity index (χ3n) is 6.02.